The van der Waals surface area contributed by atoms with E-state index < -0.39 is 27.3 Å². The predicted molar refractivity (Wildman–Crippen MR) is 74.2 cm³/mol. The molecule has 1 fully saturated rings. The van der Waals surface area contributed by atoms with Crippen LogP contribution in [0.25, 0.3) is 0 Å². The second-order valence-electron chi connectivity index (χ2n) is 5.22. The number of hydrogen-bond donors (Lipinski definition) is 3. The second kappa shape index (κ2) is 6.43. The average molecular weight is 306 g/mol. The van der Waals surface area contributed by atoms with Crippen molar-refractivity contribution in [3.8, 4) is 0 Å². The Balaban J connectivity index is 2.49. The Hall–Kier alpha value is -1.31. The molecule has 7 nitrogen and oxygen atoms in total. The Morgan fingerprint density at radius 2 is 1.90 bits per heavy atom. The van der Waals surface area contributed by atoms with Crippen LogP contribution in [-0.2, 0) is 14.6 Å². The van der Waals surface area contributed by atoms with Gasteiger partial charge in [-0.15, -0.1) is 0 Å². The average Bonchev–Trinajstić information content (AvgIpc) is 2.70. The Bertz CT molecular complexity index is 470. The minimum absolute atomic E-state index is 0.0284. The molecule has 0 spiro atoms. The first kappa shape index (κ1) is 16.7. The molecule has 0 saturated carbocycles. The molecule has 3 N–H and O–H groups in total. The minimum Gasteiger partial charge on any atom is -0.481 e. The highest BCUT2D eigenvalue weighted by molar-refractivity contribution is 7.91. The number of sulfone groups is 1. The molecule has 0 aromatic carbocycles. The first-order valence-electron chi connectivity index (χ1n) is 6.73. The van der Waals surface area contributed by atoms with Crippen LogP contribution in [0.4, 0.5) is 4.79 Å². The van der Waals surface area contributed by atoms with Crippen molar-refractivity contribution in [2.24, 2.45) is 5.41 Å². The van der Waals surface area contributed by atoms with E-state index in [9.17, 15) is 23.1 Å². The van der Waals surface area contributed by atoms with Crippen molar-refractivity contribution in [3.63, 3.8) is 0 Å². The Morgan fingerprint density at radius 1 is 1.30 bits per heavy atom. The molecule has 0 aromatic rings. The zero-order valence-electron chi connectivity index (χ0n) is 11.8. The number of carbonyl (C=O) groups excluding carboxylic acids is 1. The van der Waals surface area contributed by atoms with E-state index in [2.05, 4.69) is 10.6 Å². The SMILES string of the molecule is CCC(CC)(CNC(=O)NC1CCS(=O)(=O)C1)C(=O)O. The Labute approximate surface area is 119 Å². The Morgan fingerprint density at radius 3 is 2.30 bits per heavy atom. The van der Waals surface area contributed by atoms with Crippen LogP contribution < -0.4 is 10.6 Å². The lowest BCUT2D eigenvalue weighted by Gasteiger charge is -2.27. The minimum atomic E-state index is -3.04. The van der Waals surface area contributed by atoms with Crippen molar-refractivity contribution in [2.75, 3.05) is 18.1 Å². The summed E-state index contributed by atoms with van der Waals surface area (Å²) in [5.41, 5.74) is -0.973. The van der Waals surface area contributed by atoms with Crippen molar-refractivity contribution in [2.45, 2.75) is 39.2 Å². The third-order valence-electron chi connectivity index (χ3n) is 3.96. The monoisotopic (exact) mass is 306 g/mol. The fraction of sp³-hybridized carbons (Fsp3) is 0.833. The molecule has 1 aliphatic rings. The second-order valence-corrected chi connectivity index (χ2v) is 7.45. The van der Waals surface area contributed by atoms with Gasteiger partial charge in [0, 0.05) is 12.6 Å². The lowest BCUT2D eigenvalue weighted by atomic mass is 9.82. The third kappa shape index (κ3) is 4.09. The van der Waals surface area contributed by atoms with E-state index in [0.717, 1.165) is 0 Å². The van der Waals surface area contributed by atoms with E-state index in [1.165, 1.54) is 0 Å². The molecule has 1 unspecified atom stereocenters. The maximum absolute atomic E-state index is 11.7. The number of carbonyl (C=O) groups is 2. The first-order chi connectivity index (χ1) is 9.24. The van der Waals surface area contributed by atoms with Crippen LogP contribution >= 0.6 is 0 Å². The number of urea groups is 1. The summed E-state index contributed by atoms with van der Waals surface area (Å²) in [5.74, 6) is -0.904. The van der Waals surface area contributed by atoms with Crippen molar-refractivity contribution in [1.29, 1.82) is 0 Å². The zero-order chi connectivity index (χ0) is 15.4. The van der Waals surface area contributed by atoms with Gasteiger partial charge in [0.15, 0.2) is 9.84 Å². The molecular formula is C12H22N2O5S. The summed E-state index contributed by atoms with van der Waals surface area (Å²) < 4.78 is 22.5. The Kier molecular flexibility index (Phi) is 5.38. The number of hydrogen-bond acceptors (Lipinski definition) is 4. The van der Waals surface area contributed by atoms with Gasteiger partial charge in [-0.25, -0.2) is 13.2 Å². The summed E-state index contributed by atoms with van der Waals surface area (Å²) >= 11 is 0. The highest BCUT2D eigenvalue weighted by Gasteiger charge is 2.35. The van der Waals surface area contributed by atoms with Crippen LogP contribution in [-0.4, -0.2) is 49.6 Å². The molecule has 8 heteroatoms. The van der Waals surface area contributed by atoms with Crippen molar-refractivity contribution in [1.82, 2.24) is 10.6 Å². The topological polar surface area (TPSA) is 113 Å². The standard InChI is InChI=1S/C12H22N2O5S/c1-3-12(4-2,10(15)16)8-13-11(17)14-9-5-6-20(18,19)7-9/h9H,3-8H2,1-2H3,(H,15,16)(H2,13,14,17). The van der Waals surface area contributed by atoms with E-state index in [0.29, 0.717) is 19.3 Å². The lowest BCUT2D eigenvalue weighted by Crippen LogP contribution is -2.48. The van der Waals surface area contributed by atoms with E-state index in [1.807, 2.05) is 0 Å². The molecule has 0 radical (unpaired) electrons. The van der Waals surface area contributed by atoms with Gasteiger partial charge in [0.2, 0.25) is 0 Å². The molecule has 1 saturated heterocycles. The van der Waals surface area contributed by atoms with Crippen LogP contribution in [0.5, 0.6) is 0 Å². The van der Waals surface area contributed by atoms with Crippen LogP contribution in [0.3, 0.4) is 0 Å². The van der Waals surface area contributed by atoms with E-state index in [-0.39, 0.29) is 24.1 Å². The summed E-state index contributed by atoms with van der Waals surface area (Å²) in [5, 5.41) is 14.3. The molecule has 1 heterocycles. The molecule has 0 aliphatic carbocycles. The largest absolute Gasteiger partial charge is 0.481 e. The zero-order valence-corrected chi connectivity index (χ0v) is 12.6. The number of carboxylic acids is 1. The van der Waals surface area contributed by atoms with Gasteiger partial charge in [-0.3, -0.25) is 4.79 Å². The molecule has 116 valence electrons. The molecule has 0 bridgehead atoms. The van der Waals surface area contributed by atoms with E-state index in [1.54, 1.807) is 13.8 Å². The van der Waals surface area contributed by atoms with Crippen molar-refractivity contribution < 1.29 is 23.1 Å². The summed E-state index contributed by atoms with van der Waals surface area (Å²) in [6, 6.07) is -0.901. The smallest absolute Gasteiger partial charge is 0.315 e. The van der Waals surface area contributed by atoms with E-state index in [4.69, 9.17) is 0 Å². The molecule has 1 aliphatic heterocycles. The number of nitrogens with one attached hydrogen (secondary N) is 2. The fourth-order valence-corrected chi connectivity index (χ4v) is 3.95. The van der Waals surface area contributed by atoms with Crippen molar-refractivity contribution in [3.05, 3.63) is 0 Å². The number of carboxylic acid groups (broad SMARTS) is 1. The maximum atomic E-state index is 11.7. The molecule has 1 rings (SSSR count). The third-order valence-corrected chi connectivity index (χ3v) is 5.73. The van der Waals surface area contributed by atoms with Crippen LogP contribution in [0.15, 0.2) is 0 Å². The number of rotatable bonds is 6. The maximum Gasteiger partial charge on any atom is 0.315 e. The van der Waals surface area contributed by atoms with Crippen LogP contribution in [0.1, 0.15) is 33.1 Å². The van der Waals surface area contributed by atoms with Gasteiger partial charge in [0.05, 0.1) is 16.9 Å². The van der Waals surface area contributed by atoms with Gasteiger partial charge in [-0.2, -0.15) is 0 Å². The molecule has 2 amide bonds. The van der Waals surface area contributed by atoms with Gasteiger partial charge in [-0.05, 0) is 19.3 Å². The fourth-order valence-electron chi connectivity index (χ4n) is 2.27. The quantitative estimate of drug-likeness (QED) is 0.656. The summed E-state index contributed by atoms with van der Waals surface area (Å²) in [6.07, 6.45) is 1.23. The summed E-state index contributed by atoms with van der Waals surface area (Å²) in [4.78, 5) is 23.0. The normalized spacial score (nSPS) is 21.4. The summed E-state index contributed by atoms with van der Waals surface area (Å²) in [7, 11) is -3.04. The van der Waals surface area contributed by atoms with Crippen molar-refractivity contribution >= 4 is 21.8 Å². The molecule has 0 aromatic heterocycles. The first-order valence-corrected chi connectivity index (χ1v) is 8.55. The number of amides is 2. The van der Waals surface area contributed by atoms with E-state index >= 15 is 0 Å². The van der Waals surface area contributed by atoms with Gasteiger partial charge < -0.3 is 15.7 Å². The molecule has 1 atom stereocenters. The van der Waals surface area contributed by atoms with Gasteiger partial charge in [0.25, 0.3) is 0 Å². The summed E-state index contributed by atoms with van der Waals surface area (Å²) in [6.45, 7) is 3.56. The lowest BCUT2D eigenvalue weighted by molar-refractivity contribution is -0.149. The van der Waals surface area contributed by atoms with Gasteiger partial charge >= 0.3 is 12.0 Å². The van der Waals surface area contributed by atoms with Crippen LogP contribution in [0, 0.1) is 5.41 Å². The predicted octanol–water partition coefficient (Wildman–Crippen LogP) is 0.364. The highest BCUT2D eigenvalue weighted by atomic mass is 32.2. The van der Waals surface area contributed by atoms with Gasteiger partial charge in [0.1, 0.15) is 0 Å². The highest BCUT2D eigenvalue weighted by Crippen LogP contribution is 2.25. The molecule has 20 heavy (non-hydrogen) atoms. The van der Waals surface area contributed by atoms with Gasteiger partial charge in [-0.1, -0.05) is 13.8 Å². The number of aliphatic carboxylic acids is 1. The van der Waals surface area contributed by atoms with Crippen LogP contribution in [0.2, 0.25) is 0 Å². The molecular weight excluding hydrogens is 284 g/mol.